The van der Waals surface area contributed by atoms with E-state index in [2.05, 4.69) is 0 Å². The predicted octanol–water partition coefficient (Wildman–Crippen LogP) is -1.25. The maximum atomic E-state index is 13.0. The molecular weight excluding hydrogens is 368 g/mol. The van der Waals surface area contributed by atoms with Gasteiger partial charge in [0, 0.05) is 17.8 Å². The molecule has 138 valence electrons. The summed E-state index contributed by atoms with van der Waals surface area (Å²) in [6, 6.07) is 8.40. The third-order valence-corrected chi connectivity index (χ3v) is 4.81. The number of hydrogen-bond acceptors (Lipinski definition) is 7. The standard InChI is InChI=1S/C16H15ClN2O7/c17-16(19-7-6-11(21)18-14(19)24)15(25,13(23)10(8-20)26-16)12(22)9-4-2-1-3-5-9/h1-7,10,13,20,23,25H,8H2,(H,18,21,24)/t10-,13-,15-,16+/m1/s1. The number of rotatable bonds is 4. The van der Waals surface area contributed by atoms with Crippen molar-refractivity contribution >= 4 is 17.4 Å². The molecule has 0 unspecified atom stereocenters. The van der Waals surface area contributed by atoms with Crippen LogP contribution in [0.1, 0.15) is 10.4 Å². The Bertz CT molecular complexity index is 943. The number of alkyl halides is 1. The molecule has 0 radical (unpaired) electrons. The summed E-state index contributed by atoms with van der Waals surface area (Å²) in [6.45, 7) is -0.780. The Kier molecular flexibility index (Phi) is 4.59. The molecule has 1 aromatic carbocycles. The lowest BCUT2D eigenvalue weighted by molar-refractivity contribution is -0.119. The number of benzene rings is 1. The molecule has 26 heavy (non-hydrogen) atoms. The van der Waals surface area contributed by atoms with Crippen molar-refractivity contribution in [3.8, 4) is 0 Å². The van der Waals surface area contributed by atoms with Crippen molar-refractivity contribution in [2.24, 2.45) is 0 Å². The molecule has 0 spiro atoms. The zero-order valence-corrected chi connectivity index (χ0v) is 14.0. The largest absolute Gasteiger partial charge is 0.394 e. The Morgan fingerprint density at radius 1 is 1.27 bits per heavy atom. The molecule has 2 heterocycles. The predicted molar refractivity (Wildman–Crippen MR) is 88.8 cm³/mol. The van der Waals surface area contributed by atoms with Gasteiger partial charge >= 0.3 is 5.69 Å². The highest BCUT2D eigenvalue weighted by Crippen LogP contribution is 2.47. The van der Waals surface area contributed by atoms with Crippen molar-refractivity contribution in [1.29, 1.82) is 0 Å². The Morgan fingerprint density at radius 2 is 1.92 bits per heavy atom. The number of Topliss-reactive ketones (excluding diaryl/α,β-unsaturated/α-hetero) is 1. The third-order valence-electron chi connectivity index (χ3n) is 4.25. The van der Waals surface area contributed by atoms with Crippen molar-refractivity contribution in [2.45, 2.75) is 23.0 Å². The first-order valence-corrected chi connectivity index (χ1v) is 7.94. The number of nitrogens with one attached hydrogen (secondary N) is 1. The van der Waals surface area contributed by atoms with Crippen LogP contribution >= 0.6 is 11.6 Å². The van der Waals surface area contributed by atoms with E-state index in [-0.39, 0.29) is 5.56 Å². The molecule has 1 aliphatic rings. The van der Waals surface area contributed by atoms with Gasteiger partial charge in [-0.2, -0.15) is 0 Å². The molecule has 1 saturated heterocycles. The lowest BCUT2D eigenvalue weighted by Gasteiger charge is -2.36. The molecule has 1 aromatic heterocycles. The smallest absolute Gasteiger partial charge is 0.331 e. The van der Waals surface area contributed by atoms with Crippen molar-refractivity contribution in [2.75, 3.05) is 6.61 Å². The van der Waals surface area contributed by atoms with E-state index in [1.165, 1.54) is 24.3 Å². The number of nitrogens with zero attached hydrogens (tertiary/aromatic N) is 1. The van der Waals surface area contributed by atoms with Crippen LogP contribution in [-0.2, 0) is 9.92 Å². The SMILES string of the molecule is O=C(c1ccccc1)[C@@]1(O)[C@H](O)[C@@H](CO)O[C@@]1(Cl)n1ccc(=O)[nH]c1=O. The van der Waals surface area contributed by atoms with Crippen LogP contribution in [0, 0.1) is 0 Å². The van der Waals surface area contributed by atoms with Gasteiger partial charge in [-0.15, -0.1) is 0 Å². The minimum absolute atomic E-state index is 0.00117. The summed E-state index contributed by atoms with van der Waals surface area (Å²) in [5.41, 5.74) is -4.64. The van der Waals surface area contributed by atoms with Crippen LogP contribution in [0.3, 0.4) is 0 Å². The average Bonchev–Trinajstić information content (AvgIpc) is 2.84. The highest BCUT2D eigenvalue weighted by Gasteiger charge is 2.70. The fraction of sp³-hybridized carbons (Fsp3) is 0.312. The monoisotopic (exact) mass is 382 g/mol. The molecule has 4 atom stereocenters. The number of aromatic nitrogens is 2. The molecule has 9 nitrogen and oxygen atoms in total. The van der Waals surface area contributed by atoms with E-state index in [0.29, 0.717) is 4.57 Å². The number of halogens is 1. The molecule has 0 saturated carbocycles. The van der Waals surface area contributed by atoms with Gasteiger partial charge in [0.2, 0.25) is 11.4 Å². The molecular formula is C16H15ClN2O7. The van der Waals surface area contributed by atoms with E-state index in [0.717, 1.165) is 12.3 Å². The van der Waals surface area contributed by atoms with Crippen molar-refractivity contribution in [3.63, 3.8) is 0 Å². The fourth-order valence-corrected chi connectivity index (χ4v) is 3.36. The van der Waals surface area contributed by atoms with Crippen LogP contribution in [0.5, 0.6) is 0 Å². The van der Waals surface area contributed by atoms with Crippen LogP contribution in [0.25, 0.3) is 0 Å². The van der Waals surface area contributed by atoms with Crippen LogP contribution in [0.2, 0.25) is 0 Å². The maximum absolute atomic E-state index is 13.0. The Morgan fingerprint density at radius 3 is 2.50 bits per heavy atom. The second-order valence-corrected chi connectivity index (χ2v) is 6.30. The summed E-state index contributed by atoms with van der Waals surface area (Å²) >= 11 is 6.35. The van der Waals surface area contributed by atoms with Gasteiger partial charge in [-0.25, -0.2) is 4.79 Å². The first-order chi connectivity index (χ1) is 12.3. The van der Waals surface area contributed by atoms with Gasteiger partial charge in [0.1, 0.15) is 12.2 Å². The second kappa shape index (κ2) is 6.45. The molecule has 0 amide bonds. The van der Waals surface area contributed by atoms with E-state index >= 15 is 0 Å². The number of ether oxygens (including phenoxy) is 1. The quantitative estimate of drug-likeness (QED) is 0.382. The van der Waals surface area contributed by atoms with Gasteiger partial charge < -0.3 is 20.1 Å². The average molecular weight is 383 g/mol. The van der Waals surface area contributed by atoms with Crippen LogP contribution < -0.4 is 11.2 Å². The molecule has 0 bridgehead atoms. The first kappa shape index (κ1) is 18.5. The normalized spacial score (nSPS) is 31.1. The zero-order valence-electron chi connectivity index (χ0n) is 13.2. The number of carbonyl (C=O) groups is 1. The highest BCUT2D eigenvalue weighted by molar-refractivity contribution is 6.25. The zero-order chi connectivity index (χ0) is 19.1. The van der Waals surface area contributed by atoms with E-state index in [4.69, 9.17) is 16.3 Å². The van der Waals surface area contributed by atoms with Crippen molar-refractivity contribution in [1.82, 2.24) is 9.55 Å². The maximum Gasteiger partial charge on any atom is 0.331 e. The van der Waals surface area contributed by atoms with E-state index in [9.17, 15) is 29.7 Å². The summed E-state index contributed by atoms with van der Waals surface area (Å²) in [6.07, 6.45) is -2.48. The van der Waals surface area contributed by atoms with E-state index < -0.39 is 46.6 Å². The van der Waals surface area contributed by atoms with Crippen LogP contribution in [0.15, 0.2) is 52.2 Å². The minimum atomic E-state index is -2.83. The number of aliphatic hydroxyl groups is 3. The van der Waals surface area contributed by atoms with E-state index in [1.807, 2.05) is 4.98 Å². The number of hydrogen-bond donors (Lipinski definition) is 4. The van der Waals surface area contributed by atoms with Crippen molar-refractivity contribution in [3.05, 3.63) is 69.0 Å². The minimum Gasteiger partial charge on any atom is -0.394 e. The summed E-state index contributed by atoms with van der Waals surface area (Å²) in [4.78, 5) is 38.3. The Balaban J connectivity index is 2.23. The number of aliphatic hydroxyl groups excluding tert-OH is 2. The third kappa shape index (κ3) is 2.52. The summed E-state index contributed by atoms with van der Waals surface area (Å²) < 4.78 is 5.89. The number of carbonyl (C=O) groups excluding carboxylic acids is 1. The topological polar surface area (TPSA) is 142 Å². The van der Waals surface area contributed by atoms with Gasteiger partial charge in [0.05, 0.1) is 6.61 Å². The first-order valence-electron chi connectivity index (χ1n) is 7.56. The molecule has 4 N–H and O–H groups in total. The highest BCUT2D eigenvalue weighted by atomic mass is 35.5. The van der Waals surface area contributed by atoms with E-state index in [1.54, 1.807) is 6.07 Å². The fourth-order valence-electron chi connectivity index (χ4n) is 2.91. The van der Waals surface area contributed by atoms with Gasteiger partial charge in [-0.05, 0) is 0 Å². The summed E-state index contributed by atoms with van der Waals surface area (Å²) in [5.74, 6) is -1.02. The van der Waals surface area contributed by atoms with Gasteiger partial charge in [0.15, 0.2) is 0 Å². The lowest BCUT2D eigenvalue weighted by Crippen LogP contribution is -2.62. The number of ketones is 1. The second-order valence-electron chi connectivity index (χ2n) is 5.79. The molecule has 1 aliphatic heterocycles. The van der Waals surface area contributed by atoms with Gasteiger partial charge in [-0.3, -0.25) is 19.1 Å². The van der Waals surface area contributed by atoms with Gasteiger partial charge in [0.25, 0.3) is 10.7 Å². The number of aromatic amines is 1. The molecule has 3 rings (SSSR count). The van der Waals surface area contributed by atoms with Gasteiger partial charge in [-0.1, -0.05) is 41.9 Å². The van der Waals surface area contributed by atoms with Crippen LogP contribution in [0.4, 0.5) is 0 Å². The molecule has 10 heteroatoms. The Hall–Kier alpha value is -2.30. The lowest BCUT2D eigenvalue weighted by atomic mass is 9.85. The van der Waals surface area contributed by atoms with Crippen LogP contribution in [-0.4, -0.2) is 55.1 Å². The Labute approximate surface area is 151 Å². The molecule has 2 aromatic rings. The number of H-pyrrole nitrogens is 1. The summed E-state index contributed by atoms with van der Waals surface area (Å²) in [5, 5.41) is 28.4. The molecule has 0 aliphatic carbocycles. The summed E-state index contributed by atoms with van der Waals surface area (Å²) in [7, 11) is 0. The van der Waals surface area contributed by atoms with Crippen molar-refractivity contribution < 1.29 is 24.9 Å². The molecule has 1 fully saturated rings.